The largest absolute Gasteiger partial charge is 0.341 e. The van der Waals surface area contributed by atoms with Crippen molar-refractivity contribution in [3.8, 4) is 0 Å². The third-order valence-electron chi connectivity index (χ3n) is 3.98. The smallest absolute Gasteiger partial charge is 0.251 e. The number of rotatable bonds is 3. The van der Waals surface area contributed by atoms with Crippen LogP contribution in [0, 0.1) is 5.92 Å². The Bertz CT molecular complexity index is 296. The lowest BCUT2D eigenvalue weighted by molar-refractivity contribution is -0.136. The van der Waals surface area contributed by atoms with Crippen molar-refractivity contribution in [1.29, 1.82) is 0 Å². The zero-order valence-electron chi connectivity index (χ0n) is 11.3. The number of amides is 1. The van der Waals surface area contributed by atoms with Gasteiger partial charge >= 0.3 is 0 Å². The average Bonchev–Trinajstić information content (AvgIpc) is 2.64. The molecular weight excluding hydrogens is 252 g/mol. The van der Waals surface area contributed by atoms with Crippen LogP contribution < -0.4 is 5.32 Å². The SMILES string of the molecule is O=C(C1CCNCC1)N1CCCN(CC(F)F)CC1. The van der Waals surface area contributed by atoms with Crippen molar-refractivity contribution >= 4 is 5.91 Å². The highest BCUT2D eigenvalue weighted by Crippen LogP contribution is 2.16. The van der Waals surface area contributed by atoms with Crippen LogP contribution in [0.3, 0.4) is 0 Å². The van der Waals surface area contributed by atoms with Gasteiger partial charge in [0.25, 0.3) is 6.43 Å². The second kappa shape index (κ2) is 7.14. The fourth-order valence-corrected chi connectivity index (χ4v) is 2.90. The molecule has 2 rings (SSSR count). The molecule has 0 atom stereocenters. The van der Waals surface area contributed by atoms with Crippen molar-refractivity contribution < 1.29 is 13.6 Å². The van der Waals surface area contributed by atoms with Crippen LogP contribution in [0.2, 0.25) is 0 Å². The van der Waals surface area contributed by atoms with Gasteiger partial charge in [-0.3, -0.25) is 9.69 Å². The number of alkyl halides is 2. The van der Waals surface area contributed by atoms with Crippen molar-refractivity contribution in [2.45, 2.75) is 25.7 Å². The molecule has 1 amide bonds. The van der Waals surface area contributed by atoms with E-state index >= 15 is 0 Å². The minimum Gasteiger partial charge on any atom is -0.341 e. The summed E-state index contributed by atoms with van der Waals surface area (Å²) in [6, 6.07) is 0. The molecule has 19 heavy (non-hydrogen) atoms. The van der Waals surface area contributed by atoms with Gasteiger partial charge in [-0.1, -0.05) is 0 Å². The predicted molar refractivity (Wildman–Crippen MR) is 69.2 cm³/mol. The maximum Gasteiger partial charge on any atom is 0.251 e. The van der Waals surface area contributed by atoms with Gasteiger partial charge in [0.2, 0.25) is 5.91 Å². The molecule has 2 aliphatic rings. The zero-order chi connectivity index (χ0) is 13.7. The number of hydrogen-bond donors (Lipinski definition) is 1. The van der Waals surface area contributed by atoms with Crippen LogP contribution in [-0.4, -0.2) is 67.9 Å². The summed E-state index contributed by atoms with van der Waals surface area (Å²) in [7, 11) is 0. The summed E-state index contributed by atoms with van der Waals surface area (Å²) in [6.45, 7) is 4.18. The van der Waals surface area contributed by atoms with Crippen LogP contribution in [0.5, 0.6) is 0 Å². The van der Waals surface area contributed by atoms with Crippen LogP contribution in [0.1, 0.15) is 19.3 Å². The van der Waals surface area contributed by atoms with Gasteiger partial charge in [0.15, 0.2) is 0 Å². The van der Waals surface area contributed by atoms with Gasteiger partial charge in [0.1, 0.15) is 0 Å². The van der Waals surface area contributed by atoms with Crippen molar-refractivity contribution in [3.63, 3.8) is 0 Å². The molecular formula is C13H23F2N3O. The molecule has 0 spiro atoms. The van der Waals surface area contributed by atoms with Gasteiger partial charge in [-0.25, -0.2) is 8.78 Å². The van der Waals surface area contributed by atoms with Gasteiger partial charge in [0, 0.05) is 32.1 Å². The van der Waals surface area contributed by atoms with Gasteiger partial charge in [-0.15, -0.1) is 0 Å². The predicted octanol–water partition coefficient (Wildman–Crippen LogP) is 0.785. The minimum absolute atomic E-state index is 0.128. The first kappa shape index (κ1) is 14.7. The summed E-state index contributed by atoms with van der Waals surface area (Å²) >= 11 is 0. The Morgan fingerprint density at radius 1 is 1.16 bits per heavy atom. The fourth-order valence-electron chi connectivity index (χ4n) is 2.90. The van der Waals surface area contributed by atoms with Crippen molar-refractivity contribution in [2.24, 2.45) is 5.92 Å². The topological polar surface area (TPSA) is 35.6 Å². The summed E-state index contributed by atoms with van der Waals surface area (Å²) < 4.78 is 24.7. The Labute approximate surface area is 113 Å². The summed E-state index contributed by atoms with van der Waals surface area (Å²) in [4.78, 5) is 16.0. The van der Waals surface area contributed by atoms with Crippen LogP contribution in [0.4, 0.5) is 8.78 Å². The molecule has 4 nitrogen and oxygen atoms in total. The highest BCUT2D eigenvalue weighted by Gasteiger charge is 2.27. The molecule has 0 aliphatic carbocycles. The molecule has 0 saturated carbocycles. The second-order valence-corrected chi connectivity index (χ2v) is 5.39. The van der Waals surface area contributed by atoms with Gasteiger partial charge in [0.05, 0.1) is 6.54 Å². The third-order valence-corrected chi connectivity index (χ3v) is 3.98. The zero-order valence-corrected chi connectivity index (χ0v) is 11.3. The average molecular weight is 275 g/mol. The normalized spacial score (nSPS) is 23.6. The lowest BCUT2D eigenvalue weighted by atomic mass is 9.96. The number of piperidine rings is 1. The molecule has 0 aromatic heterocycles. The quantitative estimate of drug-likeness (QED) is 0.827. The van der Waals surface area contributed by atoms with Crippen LogP contribution in [-0.2, 0) is 4.79 Å². The van der Waals surface area contributed by atoms with E-state index < -0.39 is 6.43 Å². The van der Waals surface area contributed by atoms with Crippen molar-refractivity contribution in [3.05, 3.63) is 0 Å². The highest BCUT2D eigenvalue weighted by atomic mass is 19.3. The maximum absolute atomic E-state index is 12.4. The standard InChI is InChI=1S/C13H23F2N3O/c14-12(15)10-17-6-1-7-18(9-8-17)13(19)11-2-4-16-5-3-11/h11-12,16H,1-10H2. The summed E-state index contributed by atoms with van der Waals surface area (Å²) in [6.07, 6.45) is 0.307. The van der Waals surface area contributed by atoms with Gasteiger partial charge in [-0.05, 0) is 32.4 Å². The molecule has 0 radical (unpaired) electrons. The van der Waals surface area contributed by atoms with E-state index in [9.17, 15) is 13.6 Å². The molecule has 1 N–H and O–H groups in total. The molecule has 6 heteroatoms. The second-order valence-electron chi connectivity index (χ2n) is 5.39. The summed E-state index contributed by atoms with van der Waals surface area (Å²) in [5.74, 6) is 0.350. The molecule has 0 unspecified atom stereocenters. The monoisotopic (exact) mass is 275 g/mol. The van der Waals surface area contributed by atoms with E-state index in [0.29, 0.717) is 26.2 Å². The number of halogens is 2. The molecule has 0 aromatic rings. The van der Waals surface area contributed by atoms with Crippen LogP contribution in [0.25, 0.3) is 0 Å². The number of nitrogens with zero attached hydrogens (tertiary/aromatic N) is 2. The number of hydrogen-bond acceptors (Lipinski definition) is 3. The molecule has 0 bridgehead atoms. The third kappa shape index (κ3) is 4.38. The van der Waals surface area contributed by atoms with E-state index in [0.717, 1.165) is 32.4 Å². The van der Waals surface area contributed by atoms with E-state index in [1.165, 1.54) is 0 Å². The first-order valence-electron chi connectivity index (χ1n) is 7.17. The van der Waals surface area contributed by atoms with Crippen molar-refractivity contribution in [2.75, 3.05) is 45.8 Å². The molecule has 2 fully saturated rings. The molecule has 110 valence electrons. The van der Waals surface area contributed by atoms with E-state index in [1.807, 2.05) is 4.90 Å². The Kier molecular flexibility index (Phi) is 5.51. The minimum atomic E-state index is -2.29. The number of carbonyl (C=O) groups excluding carboxylic acids is 1. The highest BCUT2D eigenvalue weighted by molar-refractivity contribution is 5.79. The lowest BCUT2D eigenvalue weighted by Crippen LogP contribution is -2.42. The Morgan fingerprint density at radius 3 is 2.58 bits per heavy atom. The number of nitrogens with one attached hydrogen (secondary N) is 1. The van der Waals surface area contributed by atoms with Crippen LogP contribution >= 0.6 is 0 Å². The Balaban J connectivity index is 1.82. The lowest BCUT2D eigenvalue weighted by Gasteiger charge is -2.28. The molecule has 2 aliphatic heterocycles. The van der Waals surface area contributed by atoms with Crippen molar-refractivity contribution in [1.82, 2.24) is 15.1 Å². The first-order chi connectivity index (χ1) is 9.16. The number of carbonyl (C=O) groups is 1. The summed E-state index contributed by atoms with van der Waals surface area (Å²) in [5.41, 5.74) is 0. The molecule has 2 heterocycles. The Hall–Kier alpha value is -0.750. The maximum atomic E-state index is 12.4. The fraction of sp³-hybridized carbons (Fsp3) is 0.923. The van der Waals surface area contributed by atoms with E-state index in [1.54, 1.807) is 4.90 Å². The van der Waals surface area contributed by atoms with Gasteiger partial charge < -0.3 is 10.2 Å². The van der Waals surface area contributed by atoms with Gasteiger partial charge in [-0.2, -0.15) is 0 Å². The Morgan fingerprint density at radius 2 is 1.89 bits per heavy atom. The first-order valence-corrected chi connectivity index (χ1v) is 7.17. The summed E-state index contributed by atoms with van der Waals surface area (Å²) in [5, 5.41) is 3.25. The van der Waals surface area contributed by atoms with E-state index in [4.69, 9.17) is 0 Å². The van der Waals surface area contributed by atoms with Crippen LogP contribution in [0.15, 0.2) is 0 Å². The molecule has 0 aromatic carbocycles. The van der Waals surface area contributed by atoms with E-state index in [2.05, 4.69) is 5.32 Å². The molecule has 2 saturated heterocycles. The van der Waals surface area contributed by atoms with E-state index in [-0.39, 0.29) is 18.4 Å².